The number of nitrogens with one attached hydrogen (secondary N) is 1. The van der Waals surface area contributed by atoms with Crippen molar-refractivity contribution in [2.75, 3.05) is 11.9 Å². The molecule has 1 atom stereocenters. The Morgan fingerprint density at radius 3 is 2.52 bits per heavy atom. The van der Waals surface area contributed by atoms with Gasteiger partial charge in [0.15, 0.2) is 0 Å². The normalized spacial score (nSPS) is 11.4. The first-order chi connectivity index (χ1) is 10.2. The van der Waals surface area contributed by atoms with Gasteiger partial charge in [0.05, 0.1) is 17.6 Å². The minimum Gasteiger partial charge on any atom is -0.394 e. The molecule has 6 heteroatoms. The number of benzene rings is 2. The third-order valence-electron chi connectivity index (χ3n) is 3.05. The SMILES string of the molecule is N#Cc1cccc(NC(CO)c2ccccc2)c1[N+](=O)[O-]. The second-order valence-corrected chi connectivity index (χ2v) is 4.36. The van der Waals surface area contributed by atoms with Gasteiger partial charge in [0.25, 0.3) is 0 Å². The number of hydrogen-bond donors (Lipinski definition) is 2. The molecule has 0 bridgehead atoms. The van der Waals surface area contributed by atoms with Gasteiger partial charge in [0.2, 0.25) is 0 Å². The topological polar surface area (TPSA) is 99.2 Å². The van der Waals surface area contributed by atoms with Crippen LogP contribution in [0.1, 0.15) is 17.2 Å². The number of nitriles is 1. The molecule has 0 saturated carbocycles. The maximum atomic E-state index is 11.2. The highest BCUT2D eigenvalue weighted by Gasteiger charge is 2.22. The average molecular weight is 283 g/mol. The lowest BCUT2D eigenvalue weighted by Crippen LogP contribution is -2.16. The average Bonchev–Trinajstić information content (AvgIpc) is 2.52. The molecule has 0 fully saturated rings. The lowest BCUT2D eigenvalue weighted by atomic mass is 10.1. The quantitative estimate of drug-likeness (QED) is 0.649. The van der Waals surface area contributed by atoms with Gasteiger partial charge < -0.3 is 10.4 Å². The molecule has 0 aliphatic carbocycles. The molecule has 0 saturated heterocycles. The number of rotatable bonds is 5. The van der Waals surface area contributed by atoms with Crippen LogP contribution < -0.4 is 5.32 Å². The largest absolute Gasteiger partial charge is 0.394 e. The molecule has 2 N–H and O–H groups in total. The zero-order valence-corrected chi connectivity index (χ0v) is 11.1. The van der Waals surface area contributed by atoms with Crippen LogP contribution in [0.4, 0.5) is 11.4 Å². The molecule has 0 spiro atoms. The fourth-order valence-electron chi connectivity index (χ4n) is 2.05. The fourth-order valence-corrected chi connectivity index (χ4v) is 2.05. The van der Waals surface area contributed by atoms with Gasteiger partial charge in [-0.15, -0.1) is 0 Å². The summed E-state index contributed by atoms with van der Waals surface area (Å²) in [4.78, 5) is 10.6. The highest BCUT2D eigenvalue weighted by Crippen LogP contribution is 2.31. The number of nitro groups is 1. The summed E-state index contributed by atoms with van der Waals surface area (Å²) < 4.78 is 0. The van der Waals surface area contributed by atoms with Gasteiger partial charge in [0, 0.05) is 0 Å². The zero-order valence-electron chi connectivity index (χ0n) is 11.1. The van der Waals surface area contributed by atoms with Crippen molar-refractivity contribution in [2.45, 2.75) is 6.04 Å². The van der Waals surface area contributed by atoms with Gasteiger partial charge in [-0.3, -0.25) is 10.1 Å². The highest BCUT2D eigenvalue weighted by atomic mass is 16.6. The molecule has 0 aliphatic heterocycles. The summed E-state index contributed by atoms with van der Waals surface area (Å²) in [5.41, 5.74) is 0.711. The number of nitrogens with zero attached hydrogens (tertiary/aromatic N) is 2. The minimum absolute atomic E-state index is 0.0187. The molecule has 2 aromatic rings. The Labute approximate surface area is 121 Å². The minimum atomic E-state index is -0.597. The summed E-state index contributed by atoms with van der Waals surface area (Å²) in [6, 6.07) is 14.9. The summed E-state index contributed by atoms with van der Waals surface area (Å²) >= 11 is 0. The van der Waals surface area contributed by atoms with Gasteiger partial charge in [-0.1, -0.05) is 36.4 Å². The van der Waals surface area contributed by atoms with Crippen molar-refractivity contribution in [3.8, 4) is 6.07 Å². The summed E-state index contributed by atoms with van der Waals surface area (Å²) in [5.74, 6) is 0. The van der Waals surface area contributed by atoms with Crippen molar-refractivity contribution in [3.63, 3.8) is 0 Å². The van der Waals surface area contributed by atoms with E-state index >= 15 is 0 Å². The molecule has 106 valence electrons. The number of para-hydroxylation sites is 1. The van der Waals surface area contributed by atoms with Crippen LogP contribution in [-0.2, 0) is 0 Å². The molecular weight excluding hydrogens is 270 g/mol. The lowest BCUT2D eigenvalue weighted by Gasteiger charge is -2.18. The summed E-state index contributed by atoms with van der Waals surface area (Å²) in [6.07, 6.45) is 0. The van der Waals surface area contributed by atoms with Crippen molar-refractivity contribution >= 4 is 11.4 Å². The van der Waals surface area contributed by atoms with Gasteiger partial charge in [-0.2, -0.15) is 5.26 Å². The predicted octanol–water partition coefficient (Wildman–Crippen LogP) is 2.61. The lowest BCUT2D eigenvalue weighted by molar-refractivity contribution is -0.384. The summed E-state index contributed by atoms with van der Waals surface area (Å²) in [7, 11) is 0. The number of aliphatic hydroxyl groups excluding tert-OH is 1. The standard InChI is InChI=1S/C15H13N3O3/c16-9-12-7-4-8-13(15(12)18(20)21)17-14(10-19)11-5-2-1-3-6-11/h1-8,14,17,19H,10H2. The molecule has 2 aromatic carbocycles. The first-order valence-electron chi connectivity index (χ1n) is 6.27. The first kappa shape index (κ1) is 14.5. The maximum Gasteiger partial charge on any atom is 0.309 e. The van der Waals surface area contributed by atoms with Crippen LogP contribution in [0.15, 0.2) is 48.5 Å². The fraction of sp³-hybridized carbons (Fsp3) is 0.133. The van der Waals surface area contributed by atoms with Crippen LogP contribution >= 0.6 is 0 Å². The van der Waals surface area contributed by atoms with Gasteiger partial charge in [-0.05, 0) is 17.7 Å². The van der Waals surface area contributed by atoms with E-state index in [9.17, 15) is 15.2 Å². The van der Waals surface area contributed by atoms with E-state index in [0.717, 1.165) is 5.56 Å². The number of nitro benzene ring substituents is 1. The first-order valence-corrected chi connectivity index (χ1v) is 6.27. The molecule has 0 aromatic heterocycles. The van der Waals surface area contributed by atoms with E-state index in [1.165, 1.54) is 12.1 Å². The molecule has 0 radical (unpaired) electrons. The van der Waals surface area contributed by atoms with Crippen molar-refractivity contribution < 1.29 is 10.0 Å². The Morgan fingerprint density at radius 2 is 1.95 bits per heavy atom. The van der Waals surface area contributed by atoms with E-state index in [-0.39, 0.29) is 23.5 Å². The third kappa shape index (κ3) is 3.16. The second-order valence-electron chi connectivity index (χ2n) is 4.36. The molecule has 1 unspecified atom stereocenters. The van der Waals surface area contributed by atoms with E-state index in [2.05, 4.69) is 5.32 Å². The molecule has 21 heavy (non-hydrogen) atoms. The summed E-state index contributed by atoms with van der Waals surface area (Å²) in [6.45, 7) is -0.224. The zero-order chi connectivity index (χ0) is 15.2. The van der Waals surface area contributed by atoms with Crippen molar-refractivity contribution in [1.82, 2.24) is 0 Å². The van der Waals surface area contributed by atoms with Crippen LogP contribution in [-0.4, -0.2) is 16.6 Å². The highest BCUT2D eigenvalue weighted by molar-refractivity contribution is 5.69. The molecular formula is C15H13N3O3. The molecule has 6 nitrogen and oxygen atoms in total. The van der Waals surface area contributed by atoms with Crippen LogP contribution in [0, 0.1) is 21.4 Å². The van der Waals surface area contributed by atoms with Crippen LogP contribution in [0.25, 0.3) is 0 Å². The van der Waals surface area contributed by atoms with E-state index in [0.29, 0.717) is 0 Å². The predicted molar refractivity (Wildman–Crippen MR) is 77.7 cm³/mol. The smallest absolute Gasteiger partial charge is 0.309 e. The number of anilines is 1. The number of aliphatic hydroxyl groups is 1. The van der Waals surface area contributed by atoms with E-state index in [4.69, 9.17) is 5.26 Å². The van der Waals surface area contributed by atoms with E-state index in [1.807, 2.05) is 30.3 Å². The summed E-state index contributed by atoms with van der Waals surface area (Å²) in [5, 5.41) is 32.6. The van der Waals surface area contributed by atoms with Crippen LogP contribution in [0.3, 0.4) is 0 Å². The Balaban J connectivity index is 2.39. The molecule has 0 amide bonds. The Bertz CT molecular complexity index is 680. The van der Waals surface area contributed by atoms with E-state index < -0.39 is 11.0 Å². The third-order valence-corrected chi connectivity index (χ3v) is 3.05. The Morgan fingerprint density at radius 1 is 1.24 bits per heavy atom. The van der Waals surface area contributed by atoms with Gasteiger partial charge in [0.1, 0.15) is 17.3 Å². The second kappa shape index (κ2) is 6.50. The van der Waals surface area contributed by atoms with Crippen molar-refractivity contribution in [3.05, 3.63) is 69.8 Å². The number of hydrogen-bond acceptors (Lipinski definition) is 5. The molecule has 0 aliphatic rings. The van der Waals surface area contributed by atoms with Crippen molar-refractivity contribution in [2.24, 2.45) is 0 Å². The Hall–Kier alpha value is -2.91. The Kier molecular flexibility index (Phi) is 4.49. The van der Waals surface area contributed by atoms with Gasteiger partial charge >= 0.3 is 5.69 Å². The van der Waals surface area contributed by atoms with Crippen molar-refractivity contribution in [1.29, 1.82) is 5.26 Å². The maximum absolute atomic E-state index is 11.2. The van der Waals surface area contributed by atoms with Crippen LogP contribution in [0.5, 0.6) is 0 Å². The van der Waals surface area contributed by atoms with Gasteiger partial charge in [-0.25, -0.2) is 0 Å². The molecule has 0 heterocycles. The van der Waals surface area contributed by atoms with E-state index in [1.54, 1.807) is 12.1 Å². The monoisotopic (exact) mass is 283 g/mol. The van der Waals surface area contributed by atoms with Crippen LogP contribution in [0.2, 0.25) is 0 Å². The molecule has 2 rings (SSSR count).